The van der Waals surface area contributed by atoms with Crippen molar-refractivity contribution in [2.45, 2.75) is 32.9 Å². The van der Waals surface area contributed by atoms with E-state index in [-0.39, 0.29) is 11.9 Å². The lowest BCUT2D eigenvalue weighted by Gasteiger charge is -2.30. The molecular formula is C14H20FNO. The van der Waals surface area contributed by atoms with E-state index in [1.165, 1.54) is 12.1 Å². The van der Waals surface area contributed by atoms with Crippen molar-refractivity contribution in [2.75, 3.05) is 11.4 Å². The third-order valence-corrected chi connectivity index (χ3v) is 2.70. The normalized spacial score (nSPS) is 12.6. The maximum absolute atomic E-state index is 13.2. The fraction of sp³-hybridized carbons (Fsp3) is 0.429. The molecule has 0 saturated heterocycles. The number of aliphatic hydroxyl groups is 1. The minimum absolute atomic E-state index is 0.260. The highest BCUT2D eigenvalue weighted by Gasteiger charge is 2.16. The zero-order valence-corrected chi connectivity index (χ0v) is 10.7. The Morgan fingerprint density at radius 2 is 2.06 bits per heavy atom. The molecule has 1 unspecified atom stereocenters. The van der Waals surface area contributed by atoms with Crippen molar-refractivity contribution in [1.29, 1.82) is 0 Å². The Bertz CT molecular complexity index is 388. The minimum Gasteiger partial charge on any atom is -0.389 e. The van der Waals surface area contributed by atoms with Crippen LogP contribution in [0.3, 0.4) is 0 Å². The second kappa shape index (κ2) is 5.82. The second-order valence-electron chi connectivity index (χ2n) is 4.41. The molecule has 94 valence electrons. The van der Waals surface area contributed by atoms with Crippen LogP contribution in [0.5, 0.6) is 0 Å². The molecule has 17 heavy (non-hydrogen) atoms. The van der Waals surface area contributed by atoms with Crippen LogP contribution in [-0.4, -0.2) is 17.7 Å². The lowest BCUT2D eigenvalue weighted by Crippen LogP contribution is -2.31. The summed E-state index contributed by atoms with van der Waals surface area (Å²) in [4.78, 5) is 2.08. The van der Waals surface area contributed by atoms with E-state index < -0.39 is 6.10 Å². The zero-order valence-electron chi connectivity index (χ0n) is 10.7. The van der Waals surface area contributed by atoms with Gasteiger partial charge in [0, 0.05) is 23.8 Å². The first-order chi connectivity index (χ1) is 7.97. The quantitative estimate of drug-likeness (QED) is 0.794. The van der Waals surface area contributed by atoms with Crippen LogP contribution < -0.4 is 4.90 Å². The van der Waals surface area contributed by atoms with Crippen LogP contribution in [0.1, 0.15) is 32.4 Å². The monoisotopic (exact) mass is 237 g/mol. The number of rotatable bonds is 5. The van der Waals surface area contributed by atoms with Crippen molar-refractivity contribution < 1.29 is 9.50 Å². The lowest BCUT2D eigenvalue weighted by molar-refractivity contribution is 0.199. The molecule has 0 fully saturated rings. The summed E-state index contributed by atoms with van der Waals surface area (Å²) in [5.41, 5.74) is 1.47. The summed E-state index contributed by atoms with van der Waals surface area (Å²) in [5.74, 6) is -0.327. The molecule has 0 bridgehead atoms. The highest BCUT2D eigenvalue weighted by atomic mass is 19.1. The summed E-state index contributed by atoms with van der Waals surface area (Å²) in [5, 5.41) is 9.71. The molecule has 1 N–H and O–H groups in total. The van der Waals surface area contributed by atoms with Gasteiger partial charge in [-0.3, -0.25) is 0 Å². The van der Waals surface area contributed by atoms with E-state index in [9.17, 15) is 9.50 Å². The molecule has 0 aromatic heterocycles. The average Bonchev–Trinajstić information content (AvgIpc) is 2.26. The molecular weight excluding hydrogens is 217 g/mol. The van der Waals surface area contributed by atoms with Crippen LogP contribution in [0.25, 0.3) is 0 Å². The molecule has 0 heterocycles. The van der Waals surface area contributed by atoms with Crippen molar-refractivity contribution in [3.63, 3.8) is 0 Å². The molecule has 0 aliphatic rings. The van der Waals surface area contributed by atoms with Gasteiger partial charge in [0.05, 0.1) is 6.10 Å². The van der Waals surface area contributed by atoms with Gasteiger partial charge >= 0.3 is 0 Å². The van der Waals surface area contributed by atoms with E-state index >= 15 is 0 Å². The molecule has 0 aliphatic heterocycles. The van der Waals surface area contributed by atoms with Gasteiger partial charge in [0.25, 0.3) is 0 Å². The van der Waals surface area contributed by atoms with Gasteiger partial charge in [0.1, 0.15) is 5.82 Å². The van der Waals surface area contributed by atoms with Crippen molar-refractivity contribution in [3.8, 4) is 0 Å². The van der Waals surface area contributed by atoms with Gasteiger partial charge in [-0.1, -0.05) is 6.08 Å². The lowest BCUT2D eigenvalue weighted by atomic mass is 10.1. The van der Waals surface area contributed by atoms with Crippen LogP contribution in [0, 0.1) is 5.82 Å². The molecule has 0 aliphatic carbocycles. The van der Waals surface area contributed by atoms with Crippen molar-refractivity contribution in [1.82, 2.24) is 0 Å². The van der Waals surface area contributed by atoms with Gasteiger partial charge in [-0.05, 0) is 39.0 Å². The third-order valence-electron chi connectivity index (χ3n) is 2.70. The van der Waals surface area contributed by atoms with Crippen LogP contribution in [-0.2, 0) is 0 Å². The molecule has 0 radical (unpaired) electrons. The van der Waals surface area contributed by atoms with Gasteiger partial charge in [-0.15, -0.1) is 6.58 Å². The van der Waals surface area contributed by atoms with Gasteiger partial charge in [0.2, 0.25) is 0 Å². The number of halogens is 1. The second-order valence-corrected chi connectivity index (χ2v) is 4.41. The molecule has 0 spiro atoms. The first-order valence-corrected chi connectivity index (χ1v) is 5.82. The Morgan fingerprint density at radius 1 is 1.41 bits per heavy atom. The summed E-state index contributed by atoms with van der Waals surface area (Å²) in [7, 11) is 0. The smallest absolute Gasteiger partial charge is 0.123 e. The van der Waals surface area contributed by atoms with Gasteiger partial charge in [-0.2, -0.15) is 0 Å². The third kappa shape index (κ3) is 3.30. The van der Waals surface area contributed by atoms with Crippen LogP contribution in [0.2, 0.25) is 0 Å². The Balaban J connectivity index is 3.21. The Kier molecular flexibility index (Phi) is 4.70. The minimum atomic E-state index is -0.688. The van der Waals surface area contributed by atoms with Crippen molar-refractivity contribution in [3.05, 3.63) is 42.2 Å². The molecule has 1 atom stereocenters. The molecule has 0 saturated carbocycles. The maximum atomic E-state index is 13.2. The van der Waals surface area contributed by atoms with E-state index in [0.717, 1.165) is 5.69 Å². The highest BCUT2D eigenvalue weighted by Crippen LogP contribution is 2.28. The van der Waals surface area contributed by atoms with Crippen molar-refractivity contribution >= 4 is 5.69 Å². The summed E-state index contributed by atoms with van der Waals surface area (Å²) >= 11 is 0. The number of aliphatic hydroxyl groups excluding tert-OH is 1. The molecule has 0 amide bonds. The largest absolute Gasteiger partial charge is 0.389 e. The van der Waals surface area contributed by atoms with E-state index in [2.05, 4.69) is 25.3 Å². The molecule has 3 heteroatoms. The van der Waals surface area contributed by atoms with Crippen molar-refractivity contribution in [2.24, 2.45) is 0 Å². The fourth-order valence-electron chi connectivity index (χ4n) is 1.85. The first kappa shape index (κ1) is 13.7. The molecule has 1 aromatic rings. The predicted octanol–water partition coefficient (Wildman–Crippen LogP) is 3.28. The Labute approximate surface area is 102 Å². The van der Waals surface area contributed by atoms with E-state index in [1.807, 2.05) is 0 Å². The zero-order chi connectivity index (χ0) is 13.0. The number of nitrogens with zero attached hydrogens (tertiary/aromatic N) is 1. The summed E-state index contributed by atoms with van der Waals surface area (Å²) in [6.07, 6.45) is 1.11. The molecule has 2 nitrogen and oxygen atoms in total. The highest BCUT2D eigenvalue weighted by molar-refractivity contribution is 5.55. The summed E-state index contributed by atoms with van der Waals surface area (Å²) < 4.78 is 13.2. The van der Waals surface area contributed by atoms with Crippen LogP contribution >= 0.6 is 0 Å². The van der Waals surface area contributed by atoms with Gasteiger partial charge in [-0.25, -0.2) is 4.39 Å². The van der Waals surface area contributed by atoms with E-state index in [1.54, 1.807) is 19.1 Å². The number of hydrogen-bond acceptors (Lipinski definition) is 2. The summed E-state index contributed by atoms with van der Waals surface area (Å²) in [6.45, 7) is 10.1. The molecule has 1 aromatic carbocycles. The van der Waals surface area contributed by atoms with Crippen LogP contribution in [0.4, 0.5) is 10.1 Å². The number of anilines is 1. The summed E-state index contributed by atoms with van der Waals surface area (Å²) in [6, 6.07) is 4.77. The molecule has 1 rings (SSSR count). The average molecular weight is 237 g/mol. The number of hydrogen-bond donors (Lipinski definition) is 1. The Hall–Kier alpha value is -1.35. The fourth-order valence-corrected chi connectivity index (χ4v) is 1.85. The van der Waals surface area contributed by atoms with Crippen LogP contribution in [0.15, 0.2) is 30.9 Å². The van der Waals surface area contributed by atoms with Gasteiger partial charge in [0.15, 0.2) is 0 Å². The standard InChI is InChI=1S/C14H20FNO/c1-5-8-16(10(2)3)14-7-6-12(15)9-13(14)11(4)17/h5-7,9-11,17H,1,8H2,2-4H3. The number of benzene rings is 1. The van der Waals surface area contributed by atoms with E-state index in [4.69, 9.17) is 0 Å². The first-order valence-electron chi connectivity index (χ1n) is 5.82. The van der Waals surface area contributed by atoms with Gasteiger partial charge < -0.3 is 10.0 Å². The SMILES string of the molecule is C=CCN(c1ccc(F)cc1C(C)O)C(C)C. The Morgan fingerprint density at radius 3 is 2.53 bits per heavy atom. The van der Waals surface area contributed by atoms with E-state index in [0.29, 0.717) is 12.1 Å². The predicted molar refractivity (Wildman–Crippen MR) is 69.7 cm³/mol. The maximum Gasteiger partial charge on any atom is 0.123 e. The topological polar surface area (TPSA) is 23.5 Å².